The predicted molar refractivity (Wildman–Crippen MR) is 133 cm³/mol. The van der Waals surface area contributed by atoms with E-state index >= 15 is 0 Å². The van der Waals surface area contributed by atoms with Crippen molar-refractivity contribution in [1.82, 2.24) is 10.7 Å². The molecule has 1 aliphatic rings. The molecule has 178 valence electrons. The number of nitrogens with one attached hydrogen (secondary N) is 2. The molecule has 0 spiro atoms. The van der Waals surface area contributed by atoms with Crippen LogP contribution in [0, 0.1) is 12.8 Å². The summed E-state index contributed by atoms with van der Waals surface area (Å²) in [6.07, 6.45) is -0.144. The molecule has 0 fully saturated rings. The van der Waals surface area contributed by atoms with Crippen molar-refractivity contribution in [2.75, 3.05) is 31.6 Å². The number of benzene rings is 2. The van der Waals surface area contributed by atoms with Gasteiger partial charge in [0.1, 0.15) is 18.5 Å². The number of hydrogen-bond acceptors (Lipinski definition) is 6. The van der Waals surface area contributed by atoms with Gasteiger partial charge in [0.15, 0.2) is 0 Å². The number of anilines is 1. The topological polar surface area (TPSA) is 86.2 Å². The molecule has 0 bridgehead atoms. The zero-order chi connectivity index (χ0) is 24.0. The van der Waals surface area contributed by atoms with Gasteiger partial charge in [-0.3, -0.25) is 4.79 Å². The summed E-state index contributed by atoms with van der Waals surface area (Å²) < 4.78 is 5.76. The molecule has 0 saturated heterocycles. The van der Waals surface area contributed by atoms with Gasteiger partial charge in [0.2, 0.25) is 5.91 Å². The monoisotopic (exact) mass is 452 g/mol. The Labute approximate surface area is 196 Å². The molecule has 7 heteroatoms. The summed E-state index contributed by atoms with van der Waals surface area (Å²) in [5.74, 6) is 0.867. The number of carbonyl (C=O) groups is 1. The molecule has 2 unspecified atom stereocenters. The Balaban J connectivity index is 1.49. The molecule has 3 rings (SSSR count). The van der Waals surface area contributed by atoms with Crippen LogP contribution in [0.3, 0.4) is 0 Å². The van der Waals surface area contributed by atoms with Crippen LogP contribution < -0.4 is 20.4 Å². The van der Waals surface area contributed by atoms with Gasteiger partial charge in [-0.25, -0.2) is 5.43 Å². The van der Waals surface area contributed by atoms with Crippen LogP contribution in [-0.4, -0.2) is 55.1 Å². The van der Waals surface area contributed by atoms with Crippen molar-refractivity contribution in [3.63, 3.8) is 0 Å². The van der Waals surface area contributed by atoms with E-state index in [1.807, 2.05) is 50.2 Å². The minimum Gasteiger partial charge on any atom is -0.491 e. The fourth-order valence-corrected chi connectivity index (χ4v) is 3.99. The van der Waals surface area contributed by atoms with Gasteiger partial charge in [-0.05, 0) is 50.1 Å². The minimum atomic E-state index is -0.604. The van der Waals surface area contributed by atoms with Crippen LogP contribution in [0.15, 0.2) is 53.6 Å². The molecule has 3 N–H and O–H groups in total. The van der Waals surface area contributed by atoms with E-state index in [1.165, 1.54) is 0 Å². The van der Waals surface area contributed by atoms with Crippen molar-refractivity contribution in [2.45, 2.75) is 45.8 Å². The number of ether oxygens (including phenoxy) is 1. The number of β-amino-alcohol motifs (C(OH)–C–C–N with tert-alkyl or cyclic N) is 1. The first-order chi connectivity index (χ1) is 15.6. The predicted octanol–water partition coefficient (Wildman–Crippen LogP) is 3.10. The normalized spacial score (nSPS) is 17.2. The van der Waals surface area contributed by atoms with Gasteiger partial charge in [-0.1, -0.05) is 37.3 Å². The summed E-state index contributed by atoms with van der Waals surface area (Å²) in [6, 6.07) is 16.0. The fourth-order valence-electron chi connectivity index (χ4n) is 3.99. The molecular formula is C26H36N4O3. The molecule has 0 saturated carbocycles. The molecule has 7 nitrogen and oxygen atoms in total. The van der Waals surface area contributed by atoms with Gasteiger partial charge >= 0.3 is 0 Å². The average molecular weight is 453 g/mol. The summed E-state index contributed by atoms with van der Waals surface area (Å²) in [5.41, 5.74) is 6.43. The van der Waals surface area contributed by atoms with Crippen LogP contribution in [-0.2, 0) is 4.79 Å². The van der Waals surface area contributed by atoms with Gasteiger partial charge in [0.25, 0.3) is 0 Å². The number of hydrazone groups is 1. The largest absolute Gasteiger partial charge is 0.491 e. The van der Waals surface area contributed by atoms with Gasteiger partial charge < -0.3 is 20.1 Å². The van der Waals surface area contributed by atoms with Crippen LogP contribution in [0.5, 0.6) is 5.75 Å². The van der Waals surface area contributed by atoms with Crippen LogP contribution in [0.4, 0.5) is 5.69 Å². The zero-order valence-electron chi connectivity index (χ0n) is 20.3. The van der Waals surface area contributed by atoms with E-state index < -0.39 is 6.10 Å². The zero-order valence-corrected chi connectivity index (χ0v) is 20.3. The van der Waals surface area contributed by atoms with Crippen molar-refractivity contribution in [3.8, 4) is 5.75 Å². The van der Waals surface area contributed by atoms with E-state index in [0.29, 0.717) is 13.0 Å². The summed E-state index contributed by atoms with van der Waals surface area (Å²) in [6.45, 7) is 9.69. The number of amides is 1. The Morgan fingerprint density at radius 3 is 2.61 bits per heavy atom. The summed E-state index contributed by atoms with van der Waals surface area (Å²) in [7, 11) is 2.05. The third-order valence-corrected chi connectivity index (χ3v) is 5.84. The number of aryl methyl sites for hydroxylation is 1. The van der Waals surface area contributed by atoms with Crippen LogP contribution >= 0.6 is 0 Å². The number of hydrogen-bond donors (Lipinski definition) is 3. The van der Waals surface area contributed by atoms with E-state index in [1.54, 1.807) is 0 Å². The molecule has 2 atom stereocenters. The number of para-hydroxylation sites is 1. The molecule has 1 aliphatic heterocycles. The maximum Gasteiger partial charge on any atom is 0.240 e. The highest BCUT2D eigenvalue weighted by Gasteiger charge is 2.23. The highest BCUT2D eigenvalue weighted by molar-refractivity contribution is 6.05. The van der Waals surface area contributed by atoms with Crippen molar-refractivity contribution < 1.29 is 14.6 Å². The number of nitrogens with zero attached hydrogens (tertiary/aromatic N) is 2. The second kappa shape index (κ2) is 10.8. The van der Waals surface area contributed by atoms with Gasteiger partial charge in [-0.15, -0.1) is 0 Å². The Morgan fingerprint density at radius 1 is 1.24 bits per heavy atom. The van der Waals surface area contributed by atoms with Crippen molar-refractivity contribution in [3.05, 3.63) is 59.7 Å². The molecule has 2 aromatic rings. The van der Waals surface area contributed by atoms with Crippen molar-refractivity contribution in [1.29, 1.82) is 0 Å². The number of rotatable bonds is 10. The SMILES string of the molecule is Cc1ccccc1OCC(O)CNC(C)(C)CN(C)c1ccc(C2=NNC(=O)CC2C)cc1. The van der Waals surface area contributed by atoms with Gasteiger partial charge in [-0.2, -0.15) is 5.10 Å². The average Bonchev–Trinajstić information content (AvgIpc) is 2.77. The lowest BCUT2D eigenvalue weighted by atomic mass is 9.94. The first-order valence-corrected chi connectivity index (χ1v) is 11.4. The van der Waals surface area contributed by atoms with Crippen LogP contribution in [0.25, 0.3) is 0 Å². The molecule has 1 heterocycles. The molecule has 33 heavy (non-hydrogen) atoms. The number of aliphatic hydroxyl groups excluding tert-OH is 1. The highest BCUT2D eigenvalue weighted by atomic mass is 16.5. The summed E-state index contributed by atoms with van der Waals surface area (Å²) >= 11 is 0. The molecule has 2 aromatic carbocycles. The maximum atomic E-state index is 11.5. The first kappa shape index (κ1) is 24.7. The van der Waals surface area contributed by atoms with Crippen LogP contribution in [0.1, 0.15) is 38.3 Å². The minimum absolute atomic E-state index is 0.0378. The van der Waals surface area contributed by atoms with Crippen LogP contribution in [0.2, 0.25) is 0 Å². The number of likely N-dealkylation sites (N-methyl/N-ethyl adjacent to an activating group) is 1. The quantitative estimate of drug-likeness (QED) is 0.516. The molecule has 1 amide bonds. The molecule has 0 radical (unpaired) electrons. The van der Waals surface area contributed by atoms with E-state index in [0.717, 1.165) is 34.8 Å². The second-order valence-electron chi connectivity index (χ2n) is 9.54. The molecular weight excluding hydrogens is 416 g/mol. The fraction of sp³-hybridized carbons (Fsp3) is 0.462. The number of carbonyl (C=O) groups excluding carboxylic acids is 1. The summed E-state index contributed by atoms with van der Waals surface area (Å²) in [5, 5.41) is 18.1. The Morgan fingerprint density at radius 2 is 1.94 bits per heavy atom. The lowest BCUT2D eigenvalue weighted by Crippen LogP contribution is -2.51. The van der Waals surface area contributed by atoms with Gasteiger partial charge in [0, 0.05) is 43.7 Å². The lowest BCUT2D eigenvalue weighted by molar-refractivity contribution is -0.121. The maximum absolute atomic E-state index is 11.5. The Kier molecular flexibility index (Phi) is 8.10. The Hall–Kier alpha value is -2.90. The van der Waals surface area contributed by atoms with E-state index in [9.17, 15) is 9.90 Å². The second-order valence-corrected chi connectivity index (χ2v) is 9.54. The summed E-state index contributed by atoms with van der Waals surface area (Å²) in [4.78, 5) is 13.7. The lowest BCUT2D eigenvalue weighted by Gasteiger charge is -2.33. The first-order valence-electron chi connectivity index (χ1n) is 11.4. The highest BCUT2D eigenvalue weighted by Crippen LogP contribution is 2.21. The molecule has 0 aromatic heterocycles. The van der Waals surface area contributed by atoms with Crippen molar-refractivity contribution in [2.24, 2.45) is 11.0 Å². The standard InChI is InChI=1S/C26H36N4O3/c1-18-8-6-7-9-23(18)33-16-22(31)15-27-26(3,4)17-30(5)21-12-10-20(11-13-21)25-19(2)14-24(32)28-29-25/h6-13,19,22,27,31H,14-17H2,1-5H3,(H,28,32). The smallest absolute Gasteiger partial charge is 0.240 e. The van der Waals surface area contributed by atoms with Crippen molar-refractivity contribution >= 4 is 17.3 Å². The molecule has 0 aliphatic carbocycles. The third kappa shape index (κ3) is 7.04. The van der Waals surface area contributed by atoms with E-state index in [4.69, 9.17) is 4.74 Å². The Bertz CT molecular complexity index is 972. The van der Waals surface area contributed by atoms with E-state index in [2.05, 4.69) is 53.8 Å². The third-order valence-electron chi connectivity index (χ3n) is 5.84. The van der Waals surface area contributed by atoms with E-state index in [-0.39, 0.29) is 24.0 Å². The van der Waals surface area contributed by atoms with Gasteiger partial charge in [0.05, 0.1) is 5.71 Å². The number of aliphatic hydroxyl groups is 1.